The fraction of sp³-hybridized carbons (Fsp3) is 0.909. The Hall–Kier alpha value is -2.34. The number of hydrogen-bond acceptors (Lipinski definition) is 11. The van der Waals surface area contributed by atoms with Crippen LogP contribution in [0.4, 0.5) is 0 Å². The van der Waals surface area contributed by atoms with Crippen LogP contribution in [0.15, 0.2) is 0 Å². The van der Waals surface area contributed by atoms with Crippen LogP contribution in [0, 0.1) is 0 Å². The van der Waals surface area contributed by atoms with Crippen LogP contribution in [0.2, 0.25) is 0 Å². The Labute approximate surface area is 422 Å². The normalized spacial score (nSPS) is 13.3. The number of rotatable bonds is 54. The average molecular weight is 1000 g/mol. The molecule has 0 spiro atoms. The molecule has 0 heterocycles. The Morgan fingerprint density at radius 1 is 0.551 bits per heavy atom. The number of ether oxygens (including phenoxy) is 2. The molecule has 0 aliphatic heterocycles. The van der Waals surface area contributed by atoms with Gasteiger partial charge in [-0.05, 0) is 64.5 Å². The summed E-state index contributed by atoms with van der Waals surface area (Å²) in [6, 6.07) is -1.63. The van der Waals surface area contributed by atoms with E-state index >= 15 is 0 Å². The van der Waals surface area contributed by atoms with Crippen molar-refractivity contribution < 1.29 is 47.6 Å². The molecule has 69 heavy (non-hydrogen) atoms. The van der Waals surface area contributed by atoms with Gasteiger partial charge in [0.05, 0.1) is 31.6 Å². The predicted molar refractivity (Wildman–Crippen MR) is 283 cm³/mol. The first-order valence-corrected chi connectivity index (χ1v) is 29.5. The molecule has 0 aliphatic rings. The van der Waals surface area contributed by atoms with E-state index in [1.807, 2.05) is 0 Å². The van der Waals surface area contributed by atoms with Gasteiger partial charge in [-0.2, -0.15) is 0 Å². The summed E-state index contributed by atoms with van der Waals surface area (Å²) in [6.07, 6.45) is 36.5. The van der Waals surface area contributed by atoms with Crippen LogP contribution >= 0.6 is 8.69 Å². The molecule has 0 rings (SSSR count). The fourth-order valence-electron chi connectivity index (χ4n) is 8.68. The third kappa shape index (κ3) is 46.5. The molecule has 13 nitrogen and oxygen atoms in total. The lowest BCUT2D eigenvalue weighted by atomic mass is 10.0. The van der Waals surface area contributed by atoms with Crippen LogP contribution in [-0.4, -0.2) is 85.7 Å². The van der Waals surface area contributed by atoms with Crippen LogP contribution in [0.1, 0.15) is 271 Å². The Morgan fingerprint density at radius 2 is 1.04 bits per heavy atom. The monoisotopic (exact) mass is 1000 g/mol. The maximum atomic E-state index is 13.7. The second-order valence-corrected chi connectivity index (χ2v) is 20.2. The van der Waals surface area contributed by atoms with Gasteiger partial charge in [0.15, 0.2) is 8.69 Å². The molecule has 0 saturated carbocycles. The second kappa shape index (κ2) is 52.0. The molecule has 0 bridgehead atoms. The molecule has 0 aromatic heterocycles. The van der Waals surface area contributed by atoms with Crippen molar-refractivity contribution in [2.75, 3.05) is 26.3 Å². The molecule has 0 saturated heterocycles. The molecule has 0 aliphatic carbocycles. The Bertz CT molecular complexity index is 1230. The molecule has 0 radical (unpaired) electrons. The summed E-state index contributed by atoms with van der Waals surface area (Å²) in [5, 5.41) is 19.9. The number of carbonyl (C=O) groups is 5. The van der Waals surface area contributed by atoms with Gasteiger partial charge < -0.3 is 39.8 Å². The molecule has 0 aromatic carbocycles. The summed E-state index contributed by atoms with van der Waals surface area (Å²) in [5.74, 6) is -1.77. The van der Waals surface area contributed by atoms with Crippen molar-refractivity contribution >= 4 is 38.7 Å². The number of carbonyl (C=O) groups excluding carboxylic acids is 5. The third-order valence-electron chi connectivity index (χ3n) is 13.0. The van der Waals surface area contributed by atoms with Crippen LogP contribution in [0.25, 0.3) is 0 Å². The van der Waals surface area contributed by atoms with Gasteiger partial charge in [0.1, 0.15) is 25.0 Å². The summed E-state index contributed by atoms with van der Waals surface area (Å²) in [5.41, 5.74) is 0. The number of hydrogen-bond donors (Lipinski definition) is 4. The highest BCUT2D eigenvalue weighted by atomic mass is 31.1. The first-order valence-electron chi connectivity index (χ1n) is 28.5. The van der Waals surface area contributed by atoms with E-state index in [4.69, 9.17) is 14.0 Å². The lowest BCUT2D eigenvalue weighted by Gasteiger charge is -2.23. The van der Waals surface area contributed by atoms with Gasteiger partial charge in [-0.15, -0.1) is 0 Å². The molecule has 14 heteroatoms. The SMILES string of the molecule is CCCCCCCCCCCC(=O)O[C@H](CCCCCCCCCCC)CC(=O)NC(CCO[PH2]=O)C(=O)OCC(CCCNCCCCCC=O)NC(=O)C[C@H](O)CCCCCCCCCCC. The first-order chi connectivity index (χ1) is 33.7. The van der Waals surface area contributed by atoms with Crippen molar-refractivity contribution in [3.63, 3.8) is 0 Å². The predicted octanol–water partition coefficient (Wildman–Crippen LogP) is 12.5. The van der Waals surface area contributed by atoms with Gasteiger partial charge in [0.2, 0.25) is 11.8 Å². The van der Waals surface area contributed by atoms with Crippen LogP contribution in [-0.2, 0) is 42.5 Å². The molecule has 0 fully saturated rings. The number of esters is 2. The lowest BCUT2D eigenvalue weighted by Crippen LogP contribution is -2.46. The van der Waals surface area contributed by atoms with Gasteiger partial charge in [-0.25, -0.2) is 4.79 Å². The van der Waals surface area contributed by atoms with Gasteiger partial charge in [0.25, 0.3) is 0 Å². The maximum Gasteiger partial charge on any atom is 0.328 e. The van der Waals surface area contributed by atoms with E-state index in [1.54, 1.807) is 0 Å². The minimum Gasteiger partial charge on any atom is -0.462 e. The maximum absolute atomic E-state index is 13.7. The van der Waals surface area contributed by atoms with E-state index in [2.05, 4.69) is 36.7 Å². The fourth-order valence-corrected chi connectivity index (χ4v) is 8.91. The molecule has 2 amide bonds. The Balaban J connectivity index is 5.52. The van der Waals surface area contributed by atoms with E-state index in [9.17, 15) is 33.6 Å². The van der Waals surface area contributed by atoms with Crippen molar-refractivity contribution in [1.29, 1.82) is 0 Å². The van der Waals surface area contributed by atoms with Crippen LogP contribution in [0.3, 0.4) is 0 Å². The van der Waals surface area contributed by atoms with Crippen molar-refractivity contribution in [3.05, 3.63) is 0 Å². The quantitative estimate of drug-likeness (QED) is 0.0197. The van der Waals surface area contributed by atoms with Gasteiger partial charge in [-0.1, -0.05) is 188 Å². The number of aldehydes is 1. The largest absolute Gasteiger partial charge is 0.462 e. The van der Waals surface area contributed by atoms with E-state index in [1.165, 1.54) is 109 Å². The molecule has 5 atom stereocenters. The molecular weight excluding hydrogens is 894 g/mol. The zero-order valence-corrected chi connectivity index (χ0v) is 45.6. The van der Waals surface area contributed by atoms with Crippen molar-refractivity contribution in [2.45, 2.75) is 295 Å². The topological polar surface area (TPSA) is 186 Å². The molecule has 0 aromatic rings. The van der Waals surface area contributed by atoms with E-state index in [-0.39, 0.29) is 44.4 Å². The van der Waals surface area contributed by atoms with E-state index in [0.29, 0.717) is 45.1 Å². The molecule has 3 unspecified atom stereocenters. The van der Waals surface area contributed by atoms with E-state index in [0.717, 1.165) is 96.3 Å². The number of unbranched alkanes of at least 4 members (excludes halogenated alkanes) is 27. The number of nitrogens with one attached hydrogen (secondary N) is 3. The number of aliphatic hydroxyl groups is 1. The first kappa shape index (κ1) is 66.7. The molecule has 4 N–H and O–H groups in total. The van der Waals surface area contributed by atoms with Crippen molar-refractivity contribution in [3.8, 4) is 0 Å². The van der Waals surface area contributed by atoms with Gasteiger partial charge in [-0.3, -0.25) is 18.9 Å². The van der Waals surface area contributed by atoms with Gasteiger partial charge >= 0.3 is 11.9 Å². The highest BCUT2D eigenvalue weighted by Gasteiger charge is 2.27. The van der Waals surface area contributed by atoms with Crippen molar-refractivity contribution in [2.24, 2.45) is 0 Å². The van der Waals surface area contributed by atoms with Gasteiger partial charge in [0, 0.05) is 19.3 Å². The highest BCUT2D eigenvalue weighted by Crippen LogP contribution is 2.18. The minimum atomic E-state index is -1.51. The summed E-state index contributed by atoms with van der Waals surface area (Å²) in [6.45, 7) is 7.98. The second-order valence-electron chi connectivity index (χ2n) is 19.7. The highest BCUT2D eigenvalue weighted by molar-refractivity contribution is 7.17. The zero-order chi connectivity index (χ0) is 50.7. The minimum absolute atomic E-state index is 0.0277. The third-order valence-corrected chi connectivity index (χ3v) is 13.3. The van der Waals surface area contributed by atoms with E-state index < -0.39 is 44.9 Å². The Kier molecular flexibility index (Phi) is 50.2. The zero-order valence-electron chi connectivity index (χ0n) is 44.5. The summed E-state index contributed by atoms with van der Waals surface area (Å²) < 4.78 is 28.1. The molecule has 406 valence electrons. The standard InChI is InChI=1S/C55H106N3O10P/c1-4-7-10-13-16-19-22-25-30-37-49(60)45-52(61)57-48(36-35-42-56-41-33-28-29-34-43-59)47-66-55(64)51(40-44-67-69-65)58-53(62)46-50(38-31-26-23-20-17-14-11-8-5-2)68-54(63)39-32-27-24-21-18-15-12-9-6-3/h43,48-51,56,60H,4-42,44-47,69H2,1-3H3,(H,57,61)(H,58,62)/t48?,49-,50-,51?/m1/s1. The number of aliphatic hydroxyl groups excluding tert-OH is 1. The summed E-state index contributed by atoms with van der Waals surface area (Å²) >= 11 is 0. The smallest absolute Gasteiger partial charge is 0.328 e. The van der Waals surface area contributed by atoms with Crippen LogP contribution in [0.5, 0.6) is 0 Å². The van der Waals surface area contributed by atoms with Crippen LogP contribution < -0.4 is 16.0 Å². The molecular formula is C55H106N3O10P. The average Bonchev–Trinajstić information content (AvgIpc) is 3.33. The summed E-state index contributed by atoms with van der Waals surface area (Å²) in [4.78, 5) is 64.1. The lowest BCUT2D eigenvalue weighted by molar-refractivity contribution is -0.153. The van der Waals surface area contributed by atoms with Crippen molar-refractivity contribution in [1.82, 2.24) is 16.0 Å². The Morgan fingerprint density at radius 3 is 1.59 bits per heavy atom. The summed E-state index contributed by atoms with van der Waals surface area (Å²) in [7, 11) is -1.51. The number of amides is 2.